The minimum atomic E-state index is 0.0480. The quantitative estimate of drug-likeness (QED) is 0.561. The smallest absolute Gasteiger partial charge is 0.161 e. The Morgan fingerprint density at radius 2 is 2.10 bits per heavy atom. The Labute approximate surface area is 129 Å². The van der Waals surface area contributed by atoms with Crippen LogP contribution in [0.1, 0.15) is 49.5 Å². The third kappa shape index (κ3) is 3.45. The SMILES string of the molecule is CCCC(C)=Nc1c(C(C)=O)ccc(-c2nccs2)c1C. The van der Waals surface area contributed by atoms with Crippen molar-refractivity contribution in [2.45, 2.75) is 40.5 Å². The van der Waals surface area contributed by atoms with E-state index in [-0.39, 0.29) is 5.78 Å². The number of ketones is 1. The summed E-state index contributed by atoms with van der Waals surface area (Å²) in [7, 11) is 0. The molecule has 2 rings (SSSR count). The summed E-state index contributed by atoms with van der Waals surface area (Å²) in [6, 6.07) is 3.84. The van der Waals surface area contributed by atoms with Crippen molar-refractivity contribution in [1.29, 1.82) is 0 Å². The van der Waals surface area contributed by atoms with E-state index in [9.17, 15) is 4.79 Å². The van der Waals surface area contributed by atoms with Gasteiger partial charge in [0.2, 0.25) is 0 Å². The fourth-order valence-electron chi connectivity index (χ4n) is 2.33. The molecule has 1 aromatic heterocycles. The molecular formula is C17H20N2OS. The summed E-state index contributed by atoms with van der Waals surface area (Å²) in [6.45, 7) is 7.75. The van der Waals surface area contributed by atoms with E-state index in [4.69, 9.17) is 4.99 Å². The largest absolute Gasteiger partial charge is 0.294 e. The average Bonchev–Trinajstić information content (AvgIpc) is 2.94. The second-order valence-electron chi connectivity index (χ2n) is 5.12. The number of rotatable bonds is 5. The number of carbonyl (C=O) groups excluding carboxylic acids is 1. The molecule has 0 fully saturated rings. The van der Waals surface area contributed by atoms with Crippen molar-refractivity contribution in [1.82, 2.24) is 4.98 Å². The van der Waals surface area contributed by atoms with Gasteiger partial charge in [-0.15, -0.1) is 11.3 Å². The van der Waals surface area contributed by atoms with Crippen molar-refractivity contribution in [3.05, 3.63) is 34.8 Å². The highest BCUT2D eigenvalue weighted by molar-refractivity contribution is 7.13. The van der Waals surface area contributed by atoms with E-state index in [0.717, 1.165) is 40.4 Å². The third-order valence-electron chi connectivity index (χ3n) is 3.39. The minimum Gasteiger partial charge on any atom is -0.294 e. The highest BCUT2D eigenvalue weighted by atomic mass is 32.1. The zero-order chi connectivity index (χ0) is 15.4. The molecule has 3 nitrogen and oxygen atoms in total. The van der Waals surface area contributed by atoms with Crippen molar-refractivity contribution in [2.75, 3.05) is 0 Å². The van der Waals surface area contributed by atoms with Gasteiger partial charge in [-0.2, -0.15) is 0 Å². The molecule has 0 bridgehead atoms. The predicted octanol–water partition coefficient (Wildman–Crippen LogP) is 5.21. The molecule has 0 unspecified atom stereocenters. The van der Waals surface area contributed by atoms with Gasteiger partial charge in [-0.3, -0.25) is 9.79 Å². The van der Waals surface area contributed by atoms with Crippen LogP contribution in [0.2, 0.25) is 0 Å². The molecular weight excluding hydrogens is 280 g/mol. The maximum atomic E-state index is 11.9. The summed E-state index contributed by atoms with van der Waals surface area (Å²) in [5.74, 6) is 0.0480. The third-order valence-corrected chi connectivity index (χ3v) is 4.19. The lowest BCUT2D eigenvalue weighted by Gasteiger charge is -2.11. The normalized spacial score (nSPS) is 11.7. The zero-order valence-corrected chi connectivity index (χ0v) is 13.8. The second kappa shape index (κ2) is 6.76. The van der Waals surface area contributed by atoms with Crippen LogP contribution in [0, 0.1) is 6.92 Å². The molecule has 0 atom stereocenters. The van der Waals surface area contributed by atoms with Gasteiger partial charge in [0, 0.05) is 28.4 Å². The number of thiazole rings is 1. The lowest BCUT2D eigenvalue weighted by molar-refractivity contribution is 0.101. The van der Waals surface area contributed by atoms with Gasteiger partial charge < -0.3 is 0 Å². The van der Waals surface area contributed by atoms with Crippen molar-refractivity contribution < 1.29 is 4.79 Å². The Bertz CT molecular complexity index is 672. The van der Waals surface area contributed by atoms with E-state index in [2.05, 4.69) is 11.9 Å². The first-order valence-electron chi connectivity index (χ1n) is 7.13. The monoisotopic (exact) mass is 300 g/mol. The van der Waals surface area contributed by atoms with Gasteiger partial charge in [0.1, 0.15) is 5.01 Å². The molecule has 0 spiro atoms. The van der Waals surface area contributed by atoms with Gasteiger partial charge in [-0.1, -0.05) is 19.4 Å². The highest BCUT2D eigenvalue weighted by Gasteiger charge is 2.15. The van der Waals surface area contributed by atoms with Gasteiger partial charge in [0.25, 0.3) is 0 Å². The van der Waals surface area contributed by atoms with E-state index in [1.54, 1.807) is 24.5 Å². The molecule has 0 radical (unpaired) electrons. The number of benzene rings is 1. The van der Waals surface area contributed by atoms with E-state index < -0.39 is 0 Å². The van der Waals surface area contributed by atoms with E-state index >= 15 is 0 Å². The summed E-state index contributed by atoms with van der Waals surface area (Å²) >= 11 is 1.60. The molecule has 0 N–H and O–H groups in total. The fraction of sp³-hybridized carbons (Fsp3) is 0.353. The van der Waals surface area contributed by atoms with Crippen LogP contribution in [0.15, 0.2) is 28.7 Å². The van der Waals surface area contributed by atoms with Crippen LogP contribution >= 0.6 is 11.3 Å². The van der Waals surface area contributed by atoms with Crippen LogP contribution in [0.3, 0.4) is 0 Å². The van der Waals surface area contributed by atoms with Gasteiger partial charge in [0.05, 0.1) is 5.69 Å². The first-order chi connectivity index (χ1) is 10.0. The van der Waals surface area contributed by atoms with E-state index in [0.29, 0.717) is 5.56 Å². The van der Waals surface area contributed by atoms with Gasteiger partial charge in [-0.25, -0.2) is 4.98 Å². The summed E-state index contributed by atoms with van der Waals surface area (Å²) in [6.07, 6.45) is 3.79. The molecule has 0 saturated carbocycles. The van der Waals surface area contributed by atoms with Crippen molar-refractivity contribution in [3.63, 3.8) is 0 Å². The lowest BCUT2D eigenvalue weighted by Crippen LogP contribution is -1.98. The summed E-state index contributed by atoms with van der Waals surface area (Å²) in [4.78, 5) is 20.9. The Kier molecular flexibility index (Phi) is 5.02. The van der Waals surface area contributed by atoms with E-state index in [1.165, 1.54) is 0 Å². The molecule has 0 aliphatic carbocycles. The molecule has 110 valence electrons. The van der Waals surface area contributed by atoms with Crippen LogP contribution in [0.25, 0.3) is 10.6 Å². The average molecular weight is 300 g/mol. The lowest BCUT2D eigenvalue weighted by atomic mass is 10.00. The van der Waals surface area contributed by atoms with Crippen LogP contribution in [-0.4, -0.2) is 16.5 Å². The number of Topliss-reactive ketones (excluding diaryl/α,β-unsaturated/α-hetero) is 1. The van der Waals surface area contributed by atoms with Crippen molar-refractivity contribution >= 4 is 28.5 Å². The minimum absolute atomic E-state index is 0.0480. The fourth-order valence-corrected chi connectivity index (χ4v) is 3.05. The van der Waals surface area contributed by atoms with Gasteiger partial charge >= 0.3 is 0 Å². The van der Waals surface area contributed by atoms with Gasteiger partial charge in [0.15, 0.2) is 5.78 Å². The number of aromatic nitrogens is 1. The number of nitrogens with zero attached hydrogens (tertiary/aromatic N) is 2. The predicted molar refractivity (Wildman–Crippen MR) is 90.0 cm³/mol. The van der Waals surface area contributed by atoms with Crippen molar-refractivity contribution in [2.24, 2.45) is 4.99 Å². The van der Waals surface area contributed by atoms with Crippen LogP contribution in [-0.2, 0) is 0 Å². The number of carbonyl (C=O) groups is 1. The number of aliphatic imine (C=N–C) groups is 1. The molecule has 0 aliphatic heterocycles. The molecule has 21 heavy (non-hydrogen) atoms. The van der Waals surface area contributed by atoms with Crippen molar-refractivity contribution in [3.8, 4) is 10.6 Å². The molecule has 0 saturated heterocycles. The first kappa shape index (κ1) is 15.6. The molecule has 4 heteroatoms. The summed E-state index contributed by atoms with van der Waals surface area (Å²) in [5, 5.41) is 2.92. The van der Waals surface area contributed by atoms with Crippen LogP contribution in [0.4, 0.5) is 5.69 Å². The summed E-state index contributed by atoms with van der Waals surface area (Å²) < 4.78 is 0. The Hall–Kier alpha value is -1.81. The maximum Gasteiger partial charge on any atom is 0.161 e. The second-order valence-corrected chi connectivity index (χ2v) is 6.02. The molecule has 0 aliphatic rings. The molecule has 1 aromatic carbocycles. The number of hydrogen-bond acceptors (Lipinski definition) is 4. The highest BCUT2D eigenvalue weighted by Crippen LogP contribution is 2.34. The Morgan fingerprint density at radius 1 is 1.33 bits per heavy atom. The first-order valence-corrected chi connectivity index (χ1v) is 8.01. The van der Waals surface area contributed by atoms with Gasteiger partial charge in [-0.05, 0) is 38.8 Å². The molecule has 1 heterocycles. The zero-order valence-electron chi connectivity index (χ0n) is 12.9. The van der Waals surface area contributed by atoms with Crippen LogP contribution in [0.5, 0.6) is 0 Å². The Balaban J connectivity index is 2.61. The molecule has 0 amide bonds. The topological polar surface area (TPSA) is 42.3 Å². The maximum absolute atomic E-state index is 11.9. The summed E-state index contributed by atoms with van der Waals surface area (Å²) in [5.41, 5.74) is 4.61. The number of hydrogen-bond donors (Lipinski definition) is 0. The van der Waals surface area contributed by atoms with E-state index in [1.807, 2.05) is 31.4 Å². The van der Waals surface area contributed by atoms with Crippen LogP contribution < -0.4 is 0 Å². The molecule has 2 aromatic rings. The standard InChI is InChI=1S/C17H20N2OS/c1-5-6-11(2)19-16-12(3)14(17-18-9-10-21-17)7-8-15(16)13(4)20/h7-10H,5-6H2,1-4H3. The Morgan fingerprint density at radius 3 is 2.67 bits per heavy atom.